The molecule has 20 heavy (non-hydrogen) atoms. The standard InChI is InChI=1S/C16H13NO3/c17-11-13-3-8-15(9-4-13)20-14-6-1-12(2-7-14)5-10-16(18)19/h1-4,6-9H,5,10H2,(H,18,19). The Morgan fingerprint density at radius 1 is 1.05 bits per heavy atom. The normalized spacial score (nSPS) is 9.75. The van der Waals surface area contributed by atoms with Crippen LogP contribution in [-0.2, 0) is 11.2 Å². The summed E-state index contributed by atoms with van der Waals surface area (Å²) in [6.45, 7) is 0. The van der Waals surface area contributed by atoms with Gasteiger partial charge in [-0.15, -0.1) is 0 Å². The van der Waals surface area contributed by atoms with Crippen molar-refractivity contribution < 1.29 is 14.6 Å². The highest BCUT2D eigenvalue weighted by atomic mass is 16.5. The van der Waals surface area contributed by atoms with Gasteiger partial charge in [0.05, 0.1) is 11.6 Å². The molecule has 0 unspecified atom stereocenters. The van der Waals surface area contributed by atoms with Gasteiger partial charge in [0.1, 0.15) is 11.5 Å². The van der Waals surface area contributed by atoms with Crippen LogP contribution in [0.2, 0.25) is 0 Å². The molecule has 0 aromatic heterocycles. The minimum Gasteiger partial charge on any atom is -0.481 e. The van der Waals surface area contributed by atoms with Gasteiger partial charge in [-0.2, -0.15) is 5.26 Å². The summed E-state index contributed by atoms with van der Waals surface area (Å²) in [5.41, 5.74) is 1.54. The molecule has 0 aliphatic rings. The lowest BCUT2D eigenvalue weighted by Gasteiger charge is -2.06. The van der Waals surface area contributed by atoms with E-state index in [2.05, 4.69) is 0 Å². The second kappa shape index (κ2) is 6.39. The van der Waals surface area contributed by atoms with E-state index in [0.717, 1.165) is 5.56 Å². The van der Waals surface area contributed by atoms with E-state index in [0.29, 0.717) is 23.5 Å². The van der Waals surface area contributed by atoms with Crippen LogP contribution >= 0.6 is 0 Å². The monoisotopic (exact) mass is 267 g/mol. The maximum Gasteiger partial charge on any atom is 0.303 e. The van der Waals surface area contributed by atoms with Gasteiger partial charge in [0.2, 0.25) is 0 Å². The van der Waals surface area contributed by atoms with E-state index in [9.17, 15) is 4.79 Å². The van der Waals surface area contributed by atoms with Crippen LogP contribution in [0.25, 0.3) is 0 Å². The molecule has 0 fully saturated rings. The summed E-state index contributed by atoms with van der Waals surface area (Å²) in [6, 6.07) is 16.2. The molecule has 0 heterocycles. The van der Waals surface area contributed by atoms with Gasteiger partial charge in [0.25, 0.3) is 0 Å². The van der Waals surface area contributed by atoms with Crippen LogP contribution in [0.1, 0.15) is 17.5 Å². The minimum atomic E-state index is -0.803. The van der Waals surface area contributed by atoms with E-state index in [-0.39, 0.29) is 6.42 Å². The number of carboxylic acids is 1. The number of carbonyl (C=O) groups is 1. The smallest absolute Gasteiger partial charge is 0.303 e. The van der Waals surface area contributed by atoms with E-state index in [1.54, 1.807) is 36.4 Å². The topological polar surface area (TPSA) is 70.3 Å². The number of carboxylic acid groups (broad SMARTS) is 1. The fraction of sp³-hybridized carbons (Fsp3) is 0.125. The zero-order valence-corrected chi connectivity index (χ0v) is 10.7. The lowest BCUT2D eigenvalue weighted by atomic mass is 10.1. The first-order valence-electron chi connectivity index (χ1n) is 6.16. The Morgan fingerprint density at radius 3 is 2.10 bits per heavy atom. The Bertz CT molecular complexity index is 624. The molecule has 0 aliphatic carbocycles. The fourth-order valence-electron chi connectivity index (χ4n) is 1.71. The number of rotatable bonds is 5. The lowest BCUT2D eigenvalue weighted by molar-refractivity contribution is -0.136. The Balaban J connectivity index is 1.99. The van der Waals surface area contributed by atoms with E-state index >= 15 is 0 Å². The number of nitrogens with zero attached hydrogens (tertiary/aromatic N) is 1. The molecule has 4 heteroatoms. The van der Waals surface area contributed by atoms with Crippen LogP contribution in [0.3, 0.4) is 0 Å². The number of aliphatic carboxylic acids is 1. The number of hydrogen-bond donors (Lipinski definition) is 1. The quantitative estimate of drug-likeness (QED) is 0.901. The van der Waals surface area contributed by atoms with Gasteiger partial charge in [0.15, 0.2) is 0 Å². The van der Waals surface area contributed by atoms with Crippen molar-refractivity contribution >= 4 is 5.97 Å². The molecule has 4 nitrogen and oxygen atoms in total. The highest BCUT2D eigenvalue weighted by Gasteiger charge is 2.01. The molecule has 0 aliphatic heterocycles. The molecular weight excluding hydrogens is 254 g/mol. The average Bonchev–Trinajstić information content (AvgIpc) is 2.47. The fourth-order valence-corrected chi connectivity index (χ4v) is 1.71. The van der Waals surface area contributed by atoms with Crippen molar-refractivity contribution in [1.29, 1.82) is 5.26 Å². The summed E-state index contributed by atoms with van der Waals surface area (Å²) >= 11 is 0. The molecule has 2 rings (SSSR count). The van der Waals surface area contributed by atoms with Gasteiger partial charge in [-0.05, 0) is 48.4 Å². The maximum absolute atomic E-state index is 10.5. The molecule has 0 bridgehead atoms. The van der Waals surface area contributed by atoms with Crippen molar-refractivity contribution in [3.8, 4) is 17.6 Å². The summed E-state index contributed by atoms with van der Waals surface area (Å²) in [5.74, 6) is 0.527. The highest BCUT2D eigenvalue weighted by Crippen LogP contribution is 2.22. The number of nitriles is 1. The second-order valence-electron chi connectivity index (χ2n) is 4.28. The predicted octanol–water partition coefficient (Wildman–Crippen LogP) is 3.37. The van der Waals surface area contributed by atoms with Gasteiger partial charge in [-0.25, -0.2) is 0 Å². The van der Waals surface area contributed by atoms with Crippen LogP contribution in [0, 0.1) is 11.3 Å². The first-order chi connectivity index (χ1) is 9.67. The van der Waals surface area contributed by atoms with Crippen molar-refractivity contribution in [2.24, 2.45) is 0 Å². The molecule has 1 N–H and O–H groups in total. The van der Waals surface area contributed by atoms with Gasteiger partial charge < -0.3 is 9.84 Å². The van der Waals surface area contributed by atoms with Crippen LogP contribution in [0.5, 0.6) is 11.5 Å². The minimum absolute atomic E-state index is 0.121. The molecule has 0 atom stereocenters. The first kappa shape index (κ1) is 13.6. The summed E-state index contributed by atoms with van der Waals surface area (Å²) in [4.78, 5) is 10.5. The first-order valence-corrected chi connectivity index (χ1v) is 6.16. The highest BCUT2D eigenvalue weighted by molar-refractivity contribution is 5.67. The number of benzene rings is 2. The SMILES string of the molecule is N#Cc1ccc(Oc2ccc(CCC(=O)O)cc2)cc1. The zero-order chi connectivity index (χ0) is 14.4. The van der Waals surface area contributed by atoms with Crippen molar-refractivity contribution in [1.82, 2.24) is 0 Å². The van der Waals surface area contributed by atoms with Gasteiger partial charge in [-0.3, -0.25) is 4.79 Å². The Kier molecular flexibility index (Phi) is 4.35. The number of hydrogen-bond acceptors (Lipinski definition) is 3. The summed E-state index contributed by atoms with van der Waals surface area (Å²) in [7, 11) is 0. The van der Waals surface area contributed by atoms with Gasteiger partial charge in [-0.1, -0.05) is 12.1 Å². The number of ether oxygens (including phenoxy) is 1. The van der Waals surface area contributed by atoms with Crippen molar-refractivity contribution in [3.05, 3.63) is 59.7 Å². The van der Waals surface area contributed by atoms with E-state index < -0.39 is 5.97 Å². The third kappa shape index (κ3) is 3.85. The third-order valence-corrected chi connectivity index (χ3v) is 2.77. The molecule has 0 spiro atoms. The summed E-state index contributed by atoms with van der Waals surface area (Å²) < 4.78 is 5.63. The zero-order valence-electron chi connectivity index (χ0n) is 10.7. The molecule has 2 aromatic rings. The maximum atomic E-state index is 10.5. The van der Waals surface area contributed by atoms with Crippen molar-refractivity contribution in [2.45, 2.75) is 12.8 Å². The Labute approximate surface area is 116 Å². The van der Waals surface area contributed by atoms with Crippen LogP contribution in [-0.4, -0.2) is 11.1 Å². The summed E-state index contributed by atoms with van der Waals surface area (Å²) in [5, 5.41) is 17.3. The lowest BCUT2D eigenvalue weighted by Crippen LogP contribution is -1.97. The third-order valence-electron chi connectivity index (χ3n) is 2.77. The van der Waals surface area contributed by atoms with Gasteiger partial charge in [0, 0.05) is 6.42 Å². The van der Waals surface area contributed by atoms with E-state index in [1.165, 1.54) is 0 Å². The molecule has 2 aromatic carbocycles. The van der Waals surface area contributed by atoms with Crippen molar-refractivity contribution in [2.75, 3.05) is 0 Å². The van der Waals surface area contributed by atoms with Gasteiger partial charge >= 0.3 is 5.97 Å². The molecule has 0 saturated heterocycles. The van der Waals surface area contributed by atoms with Crippen molar-refractivity contribution in [3.63, 3.8) is 0 Å². The van der Waals surface area contributed by atoms with Crippen LogP contribution in [0.15, 0.2) is 48.5 Å². The van der Waals surface area contributed by atoms with Crippen LogP contribution < -0.4 is 4.74 Å². The largest absolute Gasteiger partial charge is 0.481 e. The molecule has 100 valence electrons. The van der Waals surface area contributed by atoms with E-state index in [4.69, 9.17) is 15.1 Å². The Morgan fingerprint density at radius 2 is 1.60 bits per heavy atom. The average molecular weight is 267 g/mol. The second-order valence-corrected chi connectivity index (χ2v) is 4.28. The van der Waals surface area contributed by atoms with E-state index in [1.807, 2.05) is 18.2 Å². The molecule has 0 saturated carbocycles. The molecule has 0 amide bonds. The molecular formula is C16H13NO3. The summed E-state index contributed by atoms with van der Waals surface area (Å²) in [6.07, 6.45) is 0.627. The predicted molar refractivity (Wildman–Crippen MR) is 73.6 cm³/mol. The Hall–Kier alpha value is -2.80. The number of aryl methyl sites for hydroxylation is 1. The van der Waals surface area contributed by atoms with Crippen LogP contribution in [0.4, 0.5) is 0 Å². The molecule has 0 radical (unpaired) electrons.